The van der Waals surface area contributed by atoms with E-state index in [1.165, 1.54) is 0 Å². The quantitative estimate of drug-likeness (QED) is 0.881. The van der Waals surface area contributed by atoms with Gasteiger partial charge in [-0.15, -0.1) is 0 Å². The molecule has 1 fully saturated rings. The second-order valence-electron chi connectivity index (χ2n) is 6.51. The molecule has 0 aliphatic heterocycles. The van der Waals surface area contributed by atoms with Crippen molar-refractivity contribution in [2.45, 2.75) is 18.9 Å². The highest BCUT2D eigenvalue weighted by atomic mass is 16.2. The smallest absolute Gasteiger partial charge is 0.225 e. The highest BCUT2D eigenvalue weighted by Gasteiger charge is 2.40. The summed E-state index contributed by atoms with van der Waals surface area (Å²) in [4.78, 5) is 12.5. The molecule has 4 rings (SSSR count). The lowest BCUT2D eigenvalue weighted by atomic mass is 9.92. The SMILES string of the molecule is N#CC(NC(=O)C1CC2C=CC1C2)c1cnn(-c2ccccc2)c1. The number of amides is 1. The van der Waals surface area contributed by atoms with Crippen LogP contribution in [0.4, 0.5) is 0 Å². The van der Waals surface area contributed by atoms with Crippen molar-refractivity contribution >= 4 is 5.91 Å². The molecular formula is C19H18N4O. The topological polar surface area (TPSA) is 70.7 Å². The minimum absolute atomic E-state index is 0.0000169. The zero-order valence-electron chi connectivity index (χ0n) is 13.2. The third-order valence-corrected chi connectivity index (χ3v) is 4.99. The van der Waals surface area contributed by atoms with Gasteiger partial charge in [-0.05, 0) is 36.8 Å². The number of fused-ring (bicyclic) bond motifs is 2. The monoisotopic (exact) mass is 318 g/mol. The Hall–Kier alpha value is -2.87. The van der Waals surface area contributed by atoms with Crippen LogP contribution < -0.4 is 5.32 Å². The molecule has 4 atom stereocenters. The molecule has 120 valence electrons. The van der Waals surface area contributed by atoms with Gasteiger partial charge in [-0.1, -0.05) is 30.4 Å². The van der Waals surface area contributed by atoms with Gasteiger partial charge < -0.3 is 5.32 Å². The molecule has 2 aromatic rings. The average molecular weight is 318 g/mol. The fourth-order valence-electron chi connectivity index (χ4n) is 3.73. The fourth-order valence-corrected chi connectivity index (χ4v) is 3.73. The fraction of sp³-hybridized carbons (Fsp3) is 0.316. The number of rotatable bonds is 4. The lowest BCUT2D eigenvalue weighted by Crippen LogP contribution is -2.35. The van der Waals surface area contributed by atoms with Gasteiger partial charge in [-0.2, -0.15) is 10.4 Å². The normalized spacial score (nSPS) is 25.4. The second kappa shape index (κ2) is 5.97. The molecule has 2 aliphatic carbocycles. The van der Waals surface area contributed by atoms with Crippen LogP contribution in [0.3, 0.4) is 0 Å². The van der Waals surface area contributed by atoms with Crippen molar-refractivity contribution in [3.63, 3.8) is 0 Å². The van der Waals surface area contributed by atoms with Crippen molar-refractivity contribution in [2.75, 3.05) is 0 Å². The van der Waals surface area contributed by atoms with Crippen LogP contribution in [0.2, 0.25) is 0 Å². The molecular weight excluding hydrogens is 300 g/mol. The Bertz CT molecular complexity index is 817. The number of carbonyl (C=O) groups excluding carboxylic acids is 1. The maximum absolute atomic E-state index is 12.5. The van der Waals surface area contributed by atoms with Crippen molar-refractivity contribution < 1.29 is 4.79 Å². The summed E-state index contributed by atoms with van der Waals surface area (Å²) in [6.07, 6.45) is 9.76. The van der Waals surface area contributed by atoms with Crippen molar-refractivity contribution in [3.8, 4) is 11.8 Å². The molecule has 5 heteroatoms. The van der Waals surface area contributed by atoms with Gasteiger partial charge in [-0.25, -0.2) is 4.68 Å². The number of hydrogen-bond acceptors (Lipinski definition) is 3. The number of carbonyl (C=O) groups is 1. The Balaban J connectivity index is 1.48. The number of nitriles is 1. The molecule has 1 heterocycles. The Morgan fingerprint density at radius 2 is 2.12 bits per heavy atom. The first kappa shape index (κ1) is 14.7. The zero-order valence-corrected chi connectivity index (χ0v) is 13.2. The molecule has 4 unspecified atom stereocenters. The van der Waals surface area contributed by atoms with E-state index >= 15 is 0 Å². The number of benzene rings is 1. The van der Waals surface area contributed by atoms with Crippen molar-refractivity contribution in [2.24, 2.45) is 17.8 Å². The molecule has 0 radical (unpaired) electrons. The van der Waals surface area contributed by atoms with Crippen LogP contribution >= 0.6 is 0 Å². The summed E-state index contributed by atoms with van der Waals surface area (Å²) < 4.78 is 1.71. The third kappa shape index (κ3) is 2.61. The number of hydrogen-bond donors (Lipinski definition) is 1. The van der Waals surface area contributed by atoms with E-state index in [1.54, 1.807) is 17.1 Å². The van der Waals surface area contributed by atoms with E-state index in [2.05, 4.69) is 28.6 Å². The summed E-state index contributed by atoms with van der Waals surface area (Å²) in [6, 6.07) is 11.2. The van der Waals surface area contributed by atoms with Gasteiger partial charge in [0.1, 0.15) is 6.04 Å². The maximum Gasteiger partial charge on any atom is 0.225 e. The molecule has 1 aromatic heterocycles. The van der Waals surface area contributed by atoms with Gasteiger partial charge >= 0.3 is 0 Å². The summed E-state index contributed by atoms with van der Waals surface area (Å²) in [5.74, 6) is 0.847. The van der Waals surface area contributed by atoms with Crippen LogP contribution in [0.25, 0.3) is 5.69 Å². The number of allylic oxidation sites excluding steroid dienone is 2. The van der Waals surface area contributed by atoms with E-state index in [0.717, 1.165) is 18.5 Å². The molecule has 1 saturated carbocycles. The van der Waals surface area contributed by atoms with Crippen LogP contribution in [0.5, 0.6) is 0 Å². The molecule has 2 aliphatic rings. The molecule has 24 heavy (non-hydrogen) atoms. The van der Waals surface area contributed by atoms with Gasteiger partial charge in [0.25, 0.3) is 0 Å². The third-order valence-electron chi connectivity index (χ3n) is 4.99. The summed E-state index contributed by atoms with van der Waals surface area (Å²) in [5, 5.41) is 16.7. The van der Waals surface area contributed by atoms with Crippen LogP contribution in [0.1, 0.15) is 24.4 Å². The Labute approximate surface area is 140 Å². The highest BCUT2D eigenvalue weighted by Crippen LogP contribution is 2.43. The minimum atomic E-state index is -0.668. The first-order chi connectivity index (χ1) is 11.7. The van der Waals surface area contributed by atoms with Crippen LogP contribution in [0.15, 0.2) is 54.9 Å². The number of nitrogens with one attached hydrogen (secondary N) is 1. The van der Waals surface area contributed by atoms with E-state index in [0.29, 0.717) is 17.4 Å². The molecule has 0 saturated heterocycles. The minimum Gasteiger partial charge on any atom is -0.336 e. The van der Waals surface area contributed by atoms with Crippen molar-refractivity contribution in [1.82, 2.24) is 15.1 Å². The Morgan fingerprint density at radius 3 is 2.79 bits per heavy atom. The maximum atomic E-state index is 12.5. The van der Waals surface area contributed by atoms with Gasteiger partial charge in [0.15, 0.2) is 0 Å². The zero-order chi connectivity index (χ0) is 16.5. The van der Waals surface area contributed by atoms with Gasteiger partial charge in [-0.3, -0.25) is 4.79 Å². The van der Waals surface area contributed by atoms with Gasteiger partial charge in [0.05, 0.1) is 18.0 Å². The largest absolute Gasteiger partial charge is 0.336 e. The molecule has 1 amide bonds. The van der Waals surface area contributed by atoms with Crippen molar-refractivity contribution in [1.29, 1.82) is 5.26 Å². The number of nitrogens with zero attached hydrogens (tertiary/aromatic N) is 3. The van der Waals surface area contributed by atoms with E-state index in [9.17, 15) is 10.1 Å². The van der Waals surface area contributed by atoms with Gasteiger partial charge in [0, 0.05) is 17.7 Å². The van der Waals surface area contributed by atoms with E-state index in [1.807, 2.05) is 30.3 Å². The van der Waals surface area contributed by atoms with Crippen LogP contribution in [0, 0.1) is 29.1 Å². The number of para-hydroxylation sites is 1. The highest BCUT2D eigenvalue weighted by molar-refractivity contribution is 5.80. The van der Waals surface area contributed by atoms with Gasteiger partial charge in [0.2, 0.25) is 5.91 Å². The average Bonchev–Trinajstić information content (AvgIpc) is 3.36. The summed E-state index contributed by atoms with van der Waals surface area (Å²) >= 11 is 0. The molecule has 5 nitrogen and oxygen atoms in total. The molecule has 2 bridgehead atoms. The standard InChI is InChI=1S/C19H18N4O/c20-10-18(22-19(24)17-9-13-6-7-14(17)8-13)15-11-21-23(12-15)16-4-2-1-3-5-16/h1-7,11-14,17-18H,8-9H2,(H,22,24). The predicted octanol–water partition coefficient (Wildman–Crippen LogP) is 2.77. The first-order valence-electron chi connectivity index (χ1n) is 8.23. The Morgan fingerprint density at radius 1 is 1.29 bits per heavy atom. The molecule has 0 spiro atoms. The van der Waals surface area contributed by atoms with E-state index in [4.69, 9.17) is 0 Å². The summed E-state index contributed by atoms with van der Waals surface area (Å²) in [7, 11) is 0. The second-order valence-corrected chi connectivity index (χ2v) is 6.51. The Kier molecular flexibility index (Phi) is 3.66. The van der Waals surface area contributed by atoms with Crippen LogP contribution in [-0.4, -0.2) is 15.7 Å². The van der Waals surface area contributed by atoms with E-state index in [-0.39, 0.29) is 11.8 Å². The van der Waals surface area contributed by atoms with Crippen LogP contribution in [-0.2, 0) is 4.79 Å². The van der Waals surface area contributed by atoms with E-state index < -0.39 is 6.04 Å². The lowest BCUT2D eigenvalue weighted by molar-refractivity contribution is -0.126. The van der Waals surface area contributed by atoms with Crippen molar-refractivity contribution in [3.05, 3.63) is 60.4 Å². The summed E-state index contributed by atoms with van der Waals surface area (Å²) in [6.45, 7) is 0. The number of aromatic nitrogens is 2. The first-order valence-corrected chi connectivity index (χ1v) is 8.23. The molecule has 1 N–H and O–H groups in total. The molecule has 1 aromatic carbocycles. The predicted molar refractivity (Wildman–Crippen MR) is 88.9 cm³/mol. The summed E-state index contributed by atoms with van der Waals surface area (Å²) in [5.41, 5.74) is 1.62. The lowest BCUT2D eigenvalue weighted by Gasteiger charge is -2.19.